The first-order chi connectivity index (χ1) is 23.4. The van der Waals surface area contributed by atoms with Crippen LogP contribution in [0.25, 0.3) is 0 Å². The zero-order valence-corrected chi connectivity index (χ0v) is 28.7. The van der Waals surface area contributed by atoms with Crippen LogP contribution in [-0.4, -0.2) is 58.6 Å². The Hall–Kier alpha value is -4.07. The van der Waals surface area contributed by atoms with E-state index in [-0.39, 0.29) is 54.7 Å². The zero-order valence-electron chi connectivity index (χ0n) is 27.8. The Morgan fingerprint density at radius 3 is 2.31 bits per heavy atom. The lowest BCUT2D eigenvalue weighted by atomic mass is 9.77. The number of pyridine rings is 1. The molecule has 0 unspecified atom stereocenters. The number of benzene rings is 1. The first kappa shape index (κ1) is 36.2. The van der Waals surface area contributed by atoms with Gasteiger partial charge in [-0.05, 0) is 81.7 Å². The predicted octanol–water partition coefficient (Wildman–Crippen LogP) is 7.57. The monoisotopic (exact) mass is 704 g/mol. The number of halogens is 3. The van der Waals surface area contributed by atoms with Crippen LogP contribution in [0.3, 0.4) is 0 Å². The minimum atomic E-state index is -4.77. The number of nitrogens with one attached hydrogen (secondary N) is 2. The predicted molar refractivity (Wildman–Crippen MR) is 176 cm³/mol. The van der Waals surface area contributed by atoms with Crippen LogP contribution in [0.5, 0.6) is 0 Å². The highest BCUT2D eigenvalue weighted by Gasteiger charge is 2.37. The molecule has 0 spiro atoms. The molecule has 2 aliphatic rings. The summed E-state index contributed by atoms with van der Waals surface area (Å²) in [5.74, 6) is -1.07. The Kier molecular flexibility index (Phi) is 11.3. The first-order valence-corrected chi connectivity index (χ1v) is 18.0. The van der Waals surface area contributed by atoms with Gasteiger partial charge in [0, 0.05) is 19.8 Å². The molecule has 264 valence electrons. The van der Waals surface area contributed by atoms with E-state index >= 15 is 0 Å². The molecule has 0 radical (unpaired) electrons. The SMILES string of the molecule is CCOC(=O)[C@H]1CC[C@@H](c2ccc(Nc3ncc(C(F)(F)F)c(Nc4ccc(CP(=O)(OCC)OCC)nc4)n3)c3c2CN(C)C3=O)CC1. The molecule has 1 aromatic carbocycles. The van der Waals surface area contributed by atoms with Gasteiger partial charge in [0.2, 0.25) is 5.95 Å². The zero-order chi connectivity index (χ0) is 35.3. The fourth-order valence-corrected chi connectivity index (χ4v) is 7.91. The van der Waals surface area contributed by atoms with E-state index in [2.05, 4.69) is 25.6 Å². The lowest BCUT2D eigenvalue weighted by Crippen LogP contribution is -2.23. The van der Waals surface area contributed by atoms with Crippen molar-refractivity contribution in [2.75, 3.05) is 37.5 Å². The van der Waals surface area contributed by atoms with E-state index in [4.69, 9.17) is 13.8 Å². The van der Waals surface area contributed by atoms with Crippen LogP contribution in [0.1, 0.15) is 85.1 Å². The van der Waals surface area contributed by atoms with E-state index in [1.807, 2.05) is 6.07 Å². The number of aromatic nitrogens is 3. The average Bonchev–Trinajstić information content (AvgIpc) is 3.36. The number of carbonyl (C=O) groups excluding carboxylic acids is 2. The van der Waals surface area contributed by atoms with Crippen molar-refractivity contribution in [1.82, 2.24) is 19.9 Å². The molecule has 0 bridgehead atoms. The van der Waals surface area contributed by atoms with Crippen molar-refractivity contribution in [1.29, 1.82) is 0 Å². The van der Waals surface area contributed by atoms with Gasteiger partial charge in [0.15, 0.2) is 0 Å². The van der Waals surface area contributed by atoms with E-state index < -0.39 is 25.2 Å². The fourth-order valence-electron chi connectivity index (χ4n) is 6.28. The number of hydrogen-bond donors (Lipinski definition) is 2. The maximum atomic E-state index is 14.0. The number of nitrogens with zero attached hydrogens (tertiary/aromatic N) is 4. The van der Waals surface area contributed by atoms with E-state index in [0.29, 0.717) is 49.1 Å². The normalized spacial score (nSPS) is 17.9. The van der Waals surface area contributed by atoms with E-state index in [1.165, 1.54) is 18.3 Å². The summed E-state index contributed by atoms with van der Waals surface area (Å²) in [5.41, 5.74) is 2.11. The van der Waals surface area contributed by atoms with Gasteiger partial charge in [-0.15, -0.1) is 0 Å². The van der Waals surface area contributed by atoms with Gasteiger partial charge < -0.3 is 29.3 Å². The molecule has 1 saturated carbocycles. The summed E-state index contributed by atoms with van der Waals surface area (Å²) in [7, 11) is -1.74. The molecule has 3 aromatic rings. The molecule has 3 heterocycles. The summed E-state index contributed by atoms with van der Waals surface area (Å²) in [6.45, 7) is 6.25. The molecule has 16 heteroatoms. The third-order valence-corrected chi connectivity index (χ3v) is 10.5. The number of anilines is 4. The summed E-state index contributed by atoms with van der Waals surface area (Å²) >= 11 is 0. The van der Waals surface area contributed by atoms with Crippen LogP contribution >= 0.6 is 7.60 Å². The fraction of sp³-hybridized carbons (Fsp3) is 0.485. The maximum absolute atomic E-state index is 14.0. The van der Waals surface area contributed by atoms with Gasteiger partial charge in [-0.2, -0.15) is 18.2 Å². The number of alkyl halides is 3. The summed E-state index contributed by atoms with van der Waals surface area (Å²) < 4.78 is 70.7. The topological polar surface area (TPSA) is 145 Å². The Morgan fingerprint density at radius 2 is 1.69 bits per heavy atom. The minimum Gasteiger partial charge on any atom is -0.466 e. The second-order valence-electron chi connectivity index (χ2n) is 11.9. The highest BCUT2D eigenvalue weighted by atomic mass is 31.2. The quantitative estimate of drug-likeness (QED) is 0.134. The number of amides is 1. The van der Waals surface area contributed by atoms with Gasteiger partial charge in [-0.3, -0.25) is 19.1 Å². The van der Waals surface area contributed by atoms with Gasteiger partial charge in [-0.1, -0.05) is 6.07 Å². The molecule has 0 saturated heterocycles. The molecular formula is C33H40F3N6O6P. The number of fused-ring (bicyclic) bond motifs is 1. The molecule has 12 nitrogen and oxygen atoms in total. The van der Waals surface area contributed by atoms with Crippen molar-refractivity contribution in [2.45, 2.75) is 71.3 Å². The number of esters is 1. The van der Waals surface area contributed by atoms with Crippen LogP contribution in [-0.2, 0) is 42.0 Å². The van der Waals surface area contributed by atoms with Crippen molar-refractivity contribution in [2.24, 2.45) is 5.92 Å². The Balaban J connectivity index is 1.38. The highest BCUT2D eigenvalue weighted by molar-refractivity contribution is 7.53. The smallest absolute Gasteiger partial charge is 0.421 e. The summed E-state index contributed by atoms with van der Waals surface area (Å²) in [6, 6.07) is 6.65. The van der Waals surface area contributed by atoms with Crippen molar-refractivity contribution >= 4 is 42.6 Å². The van der Waals surface area contributed by atoms with Gasteiger partial charge in [-0.25, -0.2) is 4.98 Å². The van der Waals surface area contributed by atoms with E-state index in [1.54, 1.807) is 38.8 Å². The molecule has 0 atom stereocenters. The third-order valence-electron chi connectivity index (χ3n) is 8.53. The van der Waals surface area contributed by atoms with Gasteiger partial charge in [0.05, 0.1) is 60.7 Å². The molecule has 1 amide bonds. The molecule has 1 aliphatic carbocycles. The molecule has 1 fully saturated rings. The van der Waals surface area contributed by atoms with Crippen molar-refractivity contribution in [3.8, 4) is 0 Å². The summed E-state index contributed by atoms with van der Waals surface area (Å²) in [6.07, 6.45) is 0.0168. The van der Waals surface area contributed by atoms with Gasteiger partial charge in [0.1, 0.15) is 11.4 Å². The molecule has 2 aromatic heterocycles. The lowest BCUT2D eigenvalue weighted by molar-refractivity contribution is -0.149. The number of carbonyl (C=O) groups is 2. The van der Waals surface area contributed by atoms with E-state index in [0.717, 1.165) is 24.0 Å². The first-order valence-electron chi connectivity index (χ1n) is 16.2. The summed E-state index contributed by atoms with van der Waals surface area (Å²) in [4.78, 5) is 39.5. The molecule has 49 heavy (non-hydrogen) atoms. The standard InChI is InChI=1S/C33H40F3N6O6P/c1-5-46-31(44)21-10-8-20(9-11-21)24-14-15-27(28-25(24)18-42(4)30(28)43)40-32-38-17-26(33(34,35)36)29(41-32)39-22-12-13-23(37-16-22)19-49(45,47-6-2)48-7-3/h12-17,20-21H,5-11,18-19H2,1-4H3,(H2,38,39,40,41)/t20-,21+. The Labute approximate surface area is 282 Å². The van der Waals surface area contributed by atoms with Gasteiger partial charge >= 0.3 is 19.7 Å². The van der Waals surface area contributed by atoms with Crippen LogP contribution < -0.4 is 10.6 Å². The van der Waals surface area contributed by atoms with Crippen molar-refractivity contribution < 1.29 is 41.1 Å². The Bertz CT molecular complexity index is 1710. The molecule has 1 aliphatic heterocycles. The van der Waals surface area contributed by atoms with Gasteiger partial charge in [0.25, 0.3) is 5.91 Å². The highest BCUT2D eigenvalue weighted by Crippen LogP contribution is 2.51. The number of hydrogen-bond acceptors (Lipinski definition) is 11. The van der Waals surface area contributed by atoms with E-state index in [9.17, 15) is 27.3 Å². The third kappa shape index (κ3) is 8.39. The largest absolute Gasteiger partial charge is 0.466 e. The van der Waals surface area contributed by atoms with Crippen LogP contribution in [0.4, 0.5) is 36.3 Å². The minimum absolute atomic E-state index is 0.101. The second kappa shape index (κ2) is 15.2. The van der Waals surface area contributed by atoms with Crippen LogP contribution in [0, 0.1) is 5.92 Å². The average molecular weight is 705 g/mol. The lowest BCUT2D eigenvalue weighted by Gasteiger charge is -2.29. The van der Waals surface area contributed by atoms with Crippen LogP contribution in [0.2, 0.25) is 0 Å². The summed E-state index contributed by atoms with van der Waals surface area (Å²) in [5, 5.41) is 5.64. The second-order valence-corrected chi connectivity index (χ2v) is 13.9. The van der Waals surface area contributed by atoms with Crippen molar-refractivity contribution in [3.63, 3.8) is 0 Å². The van der Waals surface area contributed by atoms with Crippen molar-refractivity contribution in [3.05, 3.63) is 64.6 Å². The van der Waals surface area contributed by atoms with Crippen LogP contribution in [0.15, 0.2) is 36.7 Å². The maximum Gasteiger partial charge on any atom is 0.421 e. The number of ether oxygens (including phenoxy) is 1. The number of rotatable bonds is 13. The molecular weight excluding hydrogens is 664 g/mol. The molecule has 5 rings (SSSR count). The molecule has 2 N–H and O–H groups in total. The Morgan fingerprint density at radius 1 is 0.980 bits per heavy atom.